The van der Waals surface area contributed by atoms with E-state index in [1.165, 1.54) is 22.5 Å². The quantitative estimate of drug-likeness (QED) is 0.924. The molecule has 2 aromatic carbocycles. The van der Waals surface area contributed by atoms with E-state index in [-0.39, 0.29) is 4.90 Å². The molecule has 0 spiro atoms. The number of sulfonamides is 1. The molecule has 6 heteroatoms. The van der Waals surface area contributed by atoms with Gasteiger partial charge in [0.2, 0.25) is 0 Å². The summed E-state index contributed by atoms with van der Waals surface area (Å²) < 4.78 is 40.7. The number of nitrogens with one attached hydrogen (secondary N) is 1. The average Bonchev–Trinajstić information content (AvgIpc) is 2.69. The first-order valence-electron chi connectivity index (χ1n) is 7.07. The van der Waals surface area contributed by atoms with Crippen LogP contribution in [0.1, 0.15) is 11.1 Å². The van der Waals surface area contributed by atoms with Crippen LogP contribution >= 0.6 is 0 Å². The summed E-state index contributed by atoms with van der Waals surface area (Å²) in [7, 11) is -3.72. The lowest BCUT2D eigenvalue weighted by Gasteiger charge is -2.25. The van der Waals surface area contributed by atoms with Crippen molar-refractivity contribution in [2.24, 2.45) is 0 Å². The van der Waals surface area contributed by atoms with Gasteiger partial charge >= 0.3 is 0 Å². The Morgan fingerprint density at radius 2 is 1.95 bits per heavy atom. The molecule has 1 aliphatic rings. The summed E-state index contributed by atoms with van der Waals surface area (Å²) in [6.45, 7) is 3.15. The molecule has 0 aromatic heterocycles. The smallest absolute Gasteiger partial charge is 0.264 e. The van der Waals surface area contributed by atoms with Crippen LogP contribution in [0.15, 0.2) is 47.4 Å². The third-order valence-electron chi connectivity index (χ3n) is 3.77. The second kappa shape index (κ2) is 5.70. The Morgan fingerprint density at radius 3 is 2.73 bits per heavy atom. The van der Waals surface area contributed by atoms with Crippen molar-refractivity contribution in [3.8, 4) is 0 Å². The molecule has 1 N–H and O–H groups in total. The second-order valence-corrected chi connectivity index (χ2v) is 7.12. The Morgan fingerprint density at radius 1 is 1.18 bits per heavy atom. The van der Waals surface area contributed by atoms with Crippen molar-refractivity contribution in [1.29, 1.82) is 0 Å². The third-order valence-corrected chi connectivity index (χ3v) is 5.75. The zero-order valence-electron chi connectivity index (χ0n) is 12.2. The molecule has 3 rings (SSSR count). The zero-order valence-corrected chi connectivity index (χ0v) is 13.0. The molecule has 1 aliphatic heterocycles. The molecule has 2 aromatic rings. The number of benzene rings is 2. The van der Waals surface area contributed by atoms with Crippen LogP contribution in [0.4, 0.5) is 10.1 Å². The third kappa shape index (κ3) is 2.60. The highest BCUT2D eigenvalue weighted by molar-refractivity contribution is 7.92. The lowest BCUT2D eigenvalue weighted by Crippen LogP contribution is -2.35. The van der Waals surface area contributed by atoms with Gasteiger partial charge in [-0.15, -0.1) is 0 Å². The van der Waals surface area contributed by atoms with Gasteiger partial charge < -0.3 is 5.32 Å². The zero-order chi connectivity index (χ0) is 15.7. The van der Waals surface area contributed by atoms with Crippen LogP contribution in [0.2, 0.25) is 0 Å². The van der Waals surface area contributed by atoms with E-state index >= 15 is 0 Å². The molecular formula is C16H17FN2O2S. The summed E-state index contributed by atoms with van der Waals surface area (Å²) in [4.78, 5) is 0.144. The topological polar surface area (TPSA) is 49.4 Å². The van der Waals surface area contributed by atoms with Gasteiger partial charge in [-0.1, -0.05) is 18.2 Å². The summed E-state index contributed by atoms with van der Waals surface area (Å²) in [5.41, 5.74) is 2.02. The van der Waals surface area contributed by atoms with Crippen LogP contribution in [-0.2, 0) is 16.6 Å². The van der Waals surface area contributed by atoms with Crippen molar-refractivity contribution < 1.29 is 12.8 Å². The number of aryl methyl sites for hydroxylation is 1. The molecule has 0 amide bonds. The van der Waals surface area contributed by atoms with E-state index in [1.807, 2.05) is 18.2 Å². The van der Waals surface area contributed by atoms with Crippen molar-refractivity contribution in [3.05, 3.63) is 59.4 Å². The highest BCUT2D eigenvalue weighted by Crippen LogP contribution is 2.29. The maximum Gasteiger partial charge on any atom is 0.264 e. The average molecular weight is 320 g/mol. The van der Waals surface area contributed by atoms with Crippen LogP contribution in [0.3, 0.4) is 0 Å². The summed E-state index contributed by atoms with van der Waals surface area (Å²) in [6.07, 6.45) is 0. The van der Waals surface area contributed by atoms with Crippen molar-refractivity contribution in [1.82, 2.24) is 5.32 Å². The lowest BCUT2D eigenvalue weighted by atomic mass is 10.2. The number of fused-ring (bicyclic) bond motifs is 1. The normalized spacial score (nSPS) is 15.3. The molecule has 0 unspecified atom stereocenters. The Hall–Kier alpha value is -1.92. The van der Waals surface area contributed by atoms with E-state index in [4.69, 9.17) is 0 Å². The van der Waals surface area contributed by atoms with E-state index in [2.05, 4.69) is 5.32 Å². The molecule has 0 saturated heterocycles. The van der Waals surface area contributed by atoms with Crippen LogP contribution < -0.4 is 9.62 Å². The van der Waals surface area contributed by atoms with E-state index in [9.17, 15) is 12.8 Å². The second-order valence-electron chi connectivity index (χ2n) is 5.29. The minimum atomic E-state index is -3.72. The van der Waals surface area contributed by atoms with Crippen molar-refractivity contribution in [3.63, 3.8) is 0 Å². The predicted molar refractivity (Wildman–Crippen MR) is 83.8 cm³/mol. The molecule has 0 aliphatic carbocycles. The number of para-hydroxylation sites is 1. The highest BCUT2D eigenvalue weighted by atomic mass is 32.2. The van der Waals surface area contributed by atoms with E-state index in [0.717, 1.165) is 5.56 Å². The van der Waals surface area contributed by atoms with Gasteiger partial charge in [-0.25, -0.2) is 12.8 Å². The van der Waals surface area contributed by atoms with Gasteiger partial charge in [0.15, 0.2) is 0 Å². The number of hydrogen-bond acceptors (Lipinski definition) is 3. The van der Waals surface area contributed by atoms with E-state index in [1.54, 1.807) is 13.0 Å². The summed E-state index contributed by atoms with van der Waals surface area (Å²) in [5.74, 6) is -0.436. The van der Waals surface area contributed by atoms with Gasteiger partial charge in [0.25, 0.3) is 10.0 Å². The van der Waals surface area contributed by atoms with Gasteiger partial charge in [-0.05, 0) is 42.3 Å². The van der Waals surface area contributed by atoms with Crippen LogP contribution in [0.5, 0.6) is 0 Å². The lowest BCUT2D eigenvalue weighted by molar-refractivity contribution is 0.587. The van der Waals surface area contributed by atoms with Gasteiger partial charge in [0, 0.05) is 19.6 Å². The number of anilines is 1. The van der Waals surface area contributed by atoms with Gasteiger partial charge in [0.05, 0.1) is 10.6 Å². The highest BCUT2D eigenvalue weighted by Gasteiger charge is 2.29. The monoisotopic (exact) mass is 320 g/mol. The summed E-state index contributed by atoms with van der Waals surface area (Å²) in [6, 6.07) is 11.2. The van der Waals surface area contributed by atoms with Crippen molar-refractivity contribution >= 4 is 15.7 Å². The van der Waals surface area contributed by atoms with Gasteiger partial charge in [-0.3, -0.25) is 4.31 Å². The largest absolute Gasteiger partial charge is 0.311 e. The van der Waals surface area contributed by atoms with Crippen LogP contribution in [-0.4, -0.2) is 21.5 Å². The first-order chi connectivity index (χ1) is 10.5. The number of halogens is 1. The van der Waals surface area contributed by atoms with Crippen molar-refractivity contribution in [2.45, 2.75) is 18.4 Å². The van der Waals surface area contributed by atoms with Gasteiger partial charge in [-0.2, -0.15) is 0 Å². The van der Waals surface area contributed by atoms with Crippen LogP contribution in [0.25, 0.3) is 0 Å². The molecule has 22 heavy (non-hydrogen) atoms. The Balaban J connectivity index is 2.13. The Labute approximate surface area is 129 Å². The molecule has 0 bridgehead atoms. The first-order valence-corrected chi connectivity index (χ1v) is 8.51. The summed E-state index contributed by atoms with van der Waals surface area (Å²) in [5, 5.41) is 3.21. The van der Waals surface area contributed by atoms with Gasteiger partial charge in [0.1, 0.15) is 5.82 Å². The number of rotatable bonds is 2. The number of hydrogen-bond donors (Lipinski definition) is 1. The maximum atomic E-state index is 13.3. The Bertz CT molecular complexity index is 806. The maximum absolute atomic E-state index is 13.3. The molecular weight excluding hydrogens is 303 g/mol. The molecule has 0 atom stereocenters. The van der Waals surface area contributed by atoms with Crippen molar-refractivity contribution in [2.75, 3.05) is 17.4 Å². The number of nitrogens with zero attached hydrogens (tertiary/aromatic N) is 1. The minimum Gasteiger partial charge on any atom is -0.311 e. The fourth-order valence-corrected chi connectivity index (χ4v) is 4.41. The molecule has 116 valence electrons. The molecule has 0 fully saturated rings. The molecule has 0 radical (unpaired) electrons. The van der Waals surface area contributed by atoms with E-state index in [0.29, 0.717) is 30.9 Å². The van der Waals surface area contributed by atoms with E-state index < -0.39 is 15.8 Å². The summed E-state index contributed by atoms with van der Waals surface area (Å²) >= 11 is 0. The molecule has 1 heterocycles. The Kier molecular flexibility index (Phi) is 3.88. The van der Waals surface area contributed by atoms with Crippen LogP contribution in [0, 0.1) is 12.7 Å². The fourth-order valence-electron chi connectivity index (χ4n) is 2.70. The minimum absolute atomic E-state index is 0.144. The standard InChI is InChI=1S/C16H17FN2O2S/c1-12-10-14(17)6-7-16(12)22(20,21)19-9-8-18-11-13-4-2-3-5-15(13)19/h2-7,10,18H,8-9,11H2,1H3. The predicted octanol–water partition coefficient (Wildman–Crippen LogP) is 2.43. The SMILES string of the molecule is Cc1cc(F)ccc1S(=O)(=O)N1CCNCc2ccccc21. The first kappa shape index (κ1) is 15.0. The molecule has 4 nitrogen and oxygen atoms in total. The molecule has 0 saturated carbocycles. The fraction of sp³-hybridized carbons (Fsp3) is 0.250.